The maximum absolute atomic E-state index is 11.4. The number of carbonyl (C=O) groups is 1. The van der Waals surface area contributed by atoms with Gasteiger partial charge in [-0.05, 0) is 32.8 Å². The van der Waals surface area contributed by atoms with E-state index in [1.54, 1.807) is 0 Å². The molecule has 3 nitrogen and oxygen atoms in total. The molecule has 3 heteroatoms. The number of carbonyl (C=O) groups excluding carboxylic acids is 1. The van der Waals surface area contributed by atoms with E-state index in [2.05, 4.69) is 36.5 Å². The van der Waals surface area contributed by atoms with Crippen LogP contribution in [0.4, 0.5) is 0 Å². The second-order valence-corrected chi connectivity index (χ2v) is 4.78. The second kappa shape index (κ2) is 5.82. The van der Waals surface area contributed by atoms with Crippen molar-refractivity contribution in [2.45, 2.75) is 32.7 Å². The van der Waals surface area contributed by atoms with Gasteiger partial charge in [0.05, 0.1) is 7.11 Å². The molecule has 0 fully saturated rings. The molecule has 0 saturated heterocycles. The standard InChI is InChI=1S/C14H21NO2/c1-11-6-5-7-12(10-11)8-9-15-14(2,3)13(16)17-4/h5-7,10,15H,8-9H2,1-4H3. The Morgan fingerprint density at radius 1 is 1.41 bits per heavy atom. The molecule has 17 heavy (non-hydrogen) atoms. The molecule has 1 aromatic carbocycles. The first-order valence-corrected chi connectivity index (χ1v) is 5.84. The third kappa shape index (κ3) is 4.19. The topological polar surface area (TPSA) is 38.3 Å². The Balaban J connectivity index is 2.45. The van der Waals surface area contributed by atoms with Crippen molar-refractivity contribution in [1.29, 1.82) is 0 Å². The lowest BCUT2D eigenvalue weighted by Crippen LogP contribution is -2.48. The van der Waals surface area contributed by atoms with E-state index in [9.17, 15) is 4.79 Å². The van der Waals surface area contributed by atoms with Gasteiger partial charge in [-0.3, -0.25) is 4.79 Å². The van der Waals surface area contributed by atoms with Crippen LogP contribution in [-0.2, 0) is 16.0 Å². The van der Waals surface area contributed by atoms with E-state index < -0.39 is 5.54 Å². The summed E-state index contributed by atoms with van der Waals surface area (Å²) in [6.45, 7) is 6.49. The van der Waals surface area contributed by atoms with Crippen molar-refractivity contribution in [3.8, 4) is 0 Å². The lowest BCUT2D eigenvalue weighted by Gasteiger charge is -2.23. The van der Waals surface area contributed by atoms with E-state index >= 15 is 0 Å². The highest BCUT2D eigenvalue weighted by atomic mass is 16.5. The summed E-state index contributed by atoms with van der Waals surface area (Å²) in [5, 5.41) is 3.20. The number of rotatable bonds is 5. The van der Waals surface area contributed by atoms with Crippen LogP contribution >= 0.6 is 0 Å². The van der Waals surface area contributed by atoms with E-state index in [-0.39, 0.29) is 5.97 Å². The largest absolute Gasteiger partial charge is 0.468 e. The van der Waals surface area contributed by atoms with Gasteiger partial charge in [0.1, 0.15) is 5.54 Å². The van der Waals surface area contributed by atoms with Gasteiger partial charge in [0.2, 0.25) is 0 Å². The summed E-state index contributed by atoms with van der Waals surface area (Å²) in [7, 11) is 1.41. The molecule has 0 radical (unpaired) electrons. The van der Waals surface area contributed by atoms with Crippen LogP contribution in [0.2, 0.25) is 0 Å². The minimum absolute atomic E-state index is 0.234. The van der Waals surface area contributed by atoms with Crippen LogP contribution in [0.15, 0.2) is 24.3 Å². The van der Waals surface area contributed by atoms with Crippen molar-refractivity contribution in [3.05, 3.63) is 35.4 Å². The quantitative estimate of drug-likeness (QED) is 0.794. The number of hydrogen-bond donors (Lipinski definition) is 1. The van der Waals surface area contributed by atoms with Crippen LogP contribution in [0.5, 0.6) is 0 Å². The fourth-order valence-electron chi connectivity index (χ4n) is 1.71. The number of ether oxygens (including phenoxy) is 1. The fourth-order valence-corrected chi connectivity index (χ4v) is 1.71. The van der Waals surface area contributed by atoms with E-state index in [4.69, 9.17) is 4.74 Å². The summed E-state index contributed by atoms with van der Waals surface area (Å²) in [5.41, 5.74) is 1.91. The molecule has 0 bridgehead atoms. The van der Waals surface area contributed by atoms with Crippen molar-refractivity contribution in [3.63, 3.8) is 0 Å². The molecule has 1 N–H and O–H groups in total. The maximum Gasteiger partial charge on any atom is 0.325 e. The number of aryl methyl sites for hydroxylation is 1. The second-order valence-electron chi connectivity index (χ2n) is 4.78. The first kappa shape index (κ1) is 13.7. The molecule has 0 saturated carbocycles. The number of hydrogen-bond acceptors (Lipinski definition) is 3. The Kier molecular flexibility index (Phi) is 4.70. The zero-order valence-electron chi connectivity index (χ0n) is 11.0. The molecule has 0 atom stereocenters. The molecule has 0 spiro atoms. The van der Waals surface area contributed by atoms with Crippen molar-refractivity contribution in [2.24, 2.45) is 0 Å². The maximum atomic E-state index is 11.4. The van der Waals surface area contributed by atoms with Gasteiger partial charge < -0.3 is 10.1 Å². The summed E-state index contributed by atoms with van der Waals surface area (Å²) in [5.74, 6) is -0.234. The van der Waals surface area contributed by atoms with Crippen molar-refractivity contribution in [2.75, 3.05) is 13.7 Å². The Morgan fingerprint density at radius 2 is 2.12 bits per heavy atom. The van der Waals surface area contributed by atoms with Crippen molar-refractivity contribution in [1.82, 2.24) is 5.32 Å². The summed E-state index contributed by atoms with van der Waals surface area (Å²) in [4.78, 5) is 11.4. The Morgan fingerprint density at radius 3 is 2.71 bits per heavy atom. The van der Waals surface area contributed by atoms with Gasteiger partial charge in [-0.1, -0.05) is 29.8 Å². The minimum Gasteiger partial charge on any atom is -0.468 e. The van der Waals surface area contributed by atoms with Crippen LogP contribution in [0.25, 0.3) is 0 Å². The third-order valence-electron chi connectivity index (χ3n) is 2.76. The van der Waals surface area contributed by atoms with Gasteiger partial charge >= 0.3 is 5.97 Å². The lowest BCUT2D eigenvalue weighted by molar-refractivity contribution is -0.147. The molecule has 0 aromatic heterocycles. The molecule has 1 rings (SSSR count). The van der Waals surface area contributed by atoms with Gasteiger partial charge in [0.25, 0.3) is 0 Å². The molecule has 1 aromatic rings. The van der Waals surface area contributed by atoms with Crippen LogP contribution in [-0.4, -0.2) is 25.2 Å². The number of nitrogens with one attached hydrogen (secondary N) is 1. The van der Waals surface area contributed by atoms with Gasteiger partial charge in [-0.2, -0.15) is 0 Å². The average Bonchev–Trinajstić information content (AvgIpc) is 2.27. The predicted molar refractivity (Wildman–Crippen MR) is 69.0 cm³/mol. The van der Waals surface area contributed by atoms with Crippen LogP contribution in [0.3, 0.4) is 0 Å². The molecular weight excluding hydrogens is 214 g/mol. The normalized spacial score (nSPS) is 11.3. The zero-order valence-corrected chi connectivity index (χ0v) is 11.0. The van der Waals surface area contributed by atoms with Crippen LogP contribution in [0, 0.1) is 6.92 Å². The molecule has 0 amide bonds. The van der Waals surface area contributed by atoms with Gasteiger partial charge in [-0.15, -0.1) is 0 Å². The summed E-state index contributed by atoms with van der Waals surface area (Å²) in [6.07, 6.45) is 0.905. The highest BCUT2D eigenvalue weighted by Crippen LogP contribution is 2.07. The first-order valence-electron chi connectivity index (χ1n) is 5.84. The smallest absolute Gasteiger partial charge is 0.325 e. The van der Waals surface area contributed by atoms with Crippen molar-refractivity contribution < 1.29 is 9.53 Å². The number of benzene rings is 1. The number of esters is 1. The number of methoxy groups -OCH3 is 1. The molecule has 94 valence electrons. The first-order chi connectivity index (χ1) is 7.95. The third-order valence-corrected chi connectivity index (χ3v) is 2.76. The van der Waals surface area contributed by atoms with E-state index in [0.29, 0.717) is 0 Å². The molecular formula is C14H21NO2. The average molecular weight is 235 g/mol. The van der Waals surface area contributed by atoms with Gasteiger partial charge in [0.15, 0.2) is 0 Å². The Bertz CT molecular complexity index is 386. The molecule has 0 aliphatic rings. The van der Waals surface area contributed by atoms with E-state index in [1.807, 2.05) is 13.8 Å². The fraction of sp³-hybridized carbons (Fsp3) is 0.500. The van der Waals surface area contributed by atoms with Crippen LogP contribution in [0.1, 0.15) is 25.0 Å². The minimum atomic E-state index is -0.626. The highest BCUT2D eigenvalue weighted by molar-refractivity contribution is 5.79. The molecule has 0 unspecified atom stereocenters. The van der Waals surface area contributed by atoms with Crippen molar-refractivity contribution >= 4 is 5.97 Å². The monoisotopic (exact) mass is 235 g/mol. The SMILES string of the molecule is COC(=O)C(C)(C)NCCc1cccc(C)c1. The van der Waals surface area contributed by atoms with Gasteiger partial charge in [-0.25, -0.2) is 0 Å². The zero-order chi connectivity index (χ0) is 12.9. The summed E-state index contributed by atoms with van der Waals surface area (Å²) < 4.78 is 4.74. The van der Waals surface area contributed by atoms with Gasteiger partial charge in [0, 0.05) is 6.54 Å². The molecule has 0 heterocycles. The Labute approximate surface area is 103 Å². The lowest BCUT2D eigenvalue weighted by atomic mass is 10.0. The molecule has 0 aliphatic carbocycles. The predicted octanol–water partition coefficient (Wildman–Crippen LogP) is 2.08. The summed E-state index contributed by atoms with van der Waals surface area (Å²) >= 11 is 0. The van der Waals surface area contributed by atoms with Crippen LogP contribution < -0.4 is 5.32 Å². The van der Waals surface area contributed by atoms with E-state index in [1.165, 1.54) is 18.2 Å². The van der Waals surface area contributed by atoms with E-state index in [0.717, 1.165) is 13.0 Å². The summed E-state index contributed by atoms with van der Waals surface area (Å²) in [6, 6.07) is 8.39. The Hall–Kier alpha value is -1.35. The molecule has 0 aliphatic heterocycles. The highest BCUT2D eigenvalue weighted by Gasteiger charge is 2.27.